The van der Waals surface area contributed by atoms with Crippen molar-refractivity contribution in [3.8, 4) is 0 Å². The summed E-state index contributed by atoms with van der Waals surface area (Å²) in [4.78, 5) is 12.7. The Morgan fingerprint density at radius 2 is 2.25 bits per heavy atom. The minimum Gasteiger partial charge on any atom is -0.469 e. The third-order valence-electron chi connectivity index (χ3n) is 3.73. The van der Waals surface area contributed by atoms with E-state index in [-0.39, 0.29) is 0 Å². The van der Waals surface area contributed by atoms with Crippen LogP contribution in [0.4, 0.5) is 0 Å². The molecule has 1 saturated carbocycles. The number of thiophene rings is 1. The third kappa shape index (κ3) is 3.05. The fourth-order valence-corrected chi connectivity index (χ4v) is 5.39. The average molecular weight is 317 g/mol. The van der Waals surface area contributed by atoms with E-state index in [2.05, 4.69) is 0 Å². The maximum absolute atomic E-state index is 12.6. The molecule has 1 aliphatic rings. The highest BCUT2D eigenvalue weighted by Gasteiger charge is 2.43. The number of carbonyl (C=O) groups excluding carboxylic acids is 1. The second-order valence-corrected chi connectivity index (χ2v) is 8.27. The smallest absolute Gasteiger partial charge is 0.310 e. The molecule has 2 atom stereocenters. The van der Waals surface area contributed by atoms with Crippen molar-refractivity contribution in [2.45, 2.75) is 31.1 Å². The number of carbonyl (C=O) groups is 1. The lowest BCUT2D eigenvalue weighted by atomic mass is 10.1. The highest BCUT2D eigenvalue weighted by Crippen LogP contribution is 2.34. The highest BCUT2D eigenvalue weighted by atomic mass is 32.2. The molecule has 2 rings (SSSR count). The topological polar surface area (TPSA) is 63.7 Å². The Morgan fingerprint density at radius 3 is 2.85 bits per heavy atom. The van der Waals surface area contributed by atoms with Crippen LogP contribution in [-0.4, -0.2) is 38.1 Å². The molecule has 112 valence electrons. The number of ether oxygens (including phenoxy) is 1. The molecule has 1 aromatic rings. The molecular formula is C13H19NO4S2. The van der Waals surface area contributed by atoms with E-state index in [1.807, 2.05) is 17.5 Å². The molecule has 0 amide bonds. The number of nitrogens with zero attached hydrogens (tertiary/aromatic N) is 1. The zero-order chi connectivity index (χ0) is 14.8. The molecule has 1 heterocycles. The molecule has 20 heavy (non-hydrogen) atoms. The number of sulfonamides is 1. The number of rotatable bonds is 5. The van der Waals surface area contributed by atoms with Crippen LogP contribution < -0.4 is 0 Å². The van der Waals surface area contributed by atoms with Crippen molar-refractivity contribution in [3.05, 3.63) is 22.4 Å². The van der Waals surface area contributed by atoms with Crippen LogP contribution in [-0.2, 0) is 26.1 Å². The third-order valence-corrected chi connectivity index (χ3v) is 6.92. The molecule has 0 radical (unpaired) electrons. The van der Waals surface area contributed by atoms with Gasteiger partial charge in [0, 0.05) is 18.5 Å². The first-order valence-electron chi connectivity index (χ1n) is 6.52. The van der Waals surface area contributed by atoms with Crippen molar-refractivity contribution in [2.75, 3.05) is 14.2 Å². The van der Waals surface area contributed by atoms with Crippen molar-refractivity contribution in [2.24, 2.45) is 5.92 Å². The second kappa shape index (κ2) is 6.24. The van der Waals surface area contributed by atoms with Crippen molar-refractivity contribution in [1.29, 1.82) is 0 Å². The van der Waals surface area contributed by atoms with Crippen LogP contribution in [0.1, 0.15) is 24.1 Å². The summed E-state index contributed by atoms with van der Waals surface area (Å²) < 4.78 is 31.3. The molecule has 0 saturated heterocycles. The molecule has 1 fully saturated rings. The highest BCUT2D eigenvalue weighted by molar-refractivity contribution is 7.89. The van der Waals surface area contributed by atoms with E-state index >= 15 is 0 Å². The van der Waals surface area contributed by atoms with E-state index in [9.17, 15) is 13.2 Å². The number of methoxy groups -OCH3 is 1. The number of hydrogen-bond acceptors (Lipinski definition) is 5. The van der Waals surface area contributed by atoms with Gasteiger partial charge in [-0.15, -0.1) is 11.3 Å². The summed E-state index contributed by atoms with van der Waals surface area (Å²) in [5.74, 6) is -0.948. The fourth-order valence-electron chi connectivity index (χ4n) is 2.65. The minimum absolute atomic E-state index is 0.352. The summed E-state index contributed by atoms with van der Waals surface area (Å²) >= 11 is 1.52. The number of esters is 1. The summed E-state index contributed by atoms with van der Waals surface area (Å²) in [6.07, 6.45) is 1.86. The maximum atomic E-state index is 12.6. The first-order chi connectivity index (χ1) is 9.46. The molecule has 0 aromatic carbocycles. The Bertz CT molecular complexity index is 553. The lowest BCUT2D eigenvalue weighted by Crippen LogP contribution is -2.40. The van der Waals surface area contributed by atoms with Gasteiger partial charge in [0.15, 0.2) is 0 Å². The van der Waals surface area contributed by atoms with Gasteiger partial charge in [0.1, 0.15) is 0 Å². The van der Waals surface area contributed by atoms with E-state index in [0.717, 1.165) is 11.3 Å². The van der Waals surface area contributed by atoms with Crippen LogP contribution in [0.25, 0.3) is 0 Å². The lowest BCUT2D eigenvalue weighted by molar-refractivity contribution is -0.145. The first-order valence-corrected chi connectivity index (χ1v) is 8.90. The molecule has 0 bridgehead atoms. The molecule has 1 aliphatic carbocycles. The lowest BCUT2D eigenvalue weighted by Gasteiger charge is -2.24. The summed E-state index contributed by atoms with van der Waals surface area (Å²) in [6.45, 7) is 0.352. The Hall–Kier alpha value is -0.920. The predicted octanol–water partition coefficient (Wildman–Crippen LogP) is 1.85. The van der Waals surface area contributed by atoms with E-state index in [1.54, 1.807) is 7.05 Å². The zero-order valence-corrected chi connectivity index (χ0v) is 13.2. The van der Waals surface area contributed by atoms with Gasteiger partial charge in [-0.3, -0.25) is 4.79 Å². The van der Waals surface area contributed by atoms with Crippen molar-refractivity contribution in [3.63, 3.8) is 0 Å². The van der Waals surface area contributed by atoms with Gasteiger partial charge in [-0.25, -0.2) is 8.42 Å². The molecule has 7 heteroatoms. The van der Waals surface area contributed by atoms with Crippen LogP contribution in [0.2, 0.25) is 0 Å². The van der Waals surface area contributed by atoms with Gasteiger partial charge >= 0.3 is 5.97 Å². The van der Waals surface area contributed by atoms with Gasteiger partial charge in [0.2, 0.25) is 10.0 Å². The minimum atomic E-state index is -3.48. The van der Waals surface area contributed by atoms with E-state index < -0.39 is 27.2 Å². The maximum Gasteiger partial charge on any atom is 0.310 e. The van der Waals surface area contributed by atoms with Crippen molar-refractivity contribution < 1.29 is 17.9 Å². The van der Waals surface area contributed by atoms with Gasteiger partial charge in [-0.1, -0.05) is 12.5 Å². The van der Waals surface area contributed by atoms with Crippen LogP contribution >= 0.6 is 11.3 Å². The Labute approximate surface area is 123 Å². The van der Waals surface area contributed by atoms with Gasteiger partial charge in [-0.2, -0.15) is 4.31 Å². The predicted molar refractivity (Wildman–Crippen MR) is 77.9 cm³/mol. The van der Waals surface area contributed by atoms with Crippen LogP contribution in [0.5, 0.6) is 0 Å². The van der Waals surface area contributed by atoms with Crippen molar-refractivity contribution in [1.82, 2.24) is 4.31 Å². The largest absolute Gasteiger partial charge is 0.469 e. The van der Waals surface area contributed by atoms with Crippen molar-refractivity contribution >= 4 is 27.3 Å². The average Bonchev–Trinajstić information content (AvgIpc) is 3.08. The Morgan fingerprint density at radius 1 is 1.50 bits per heavy atom. The monoisotopic (exact) mass is 317 g/mol. The fraction of sp³-hybridized carbons (Fsp3) is 0.615. The van der Waals surface area contributed by atoms with Crippen LogP contribution in [0, 0.1) is 5.92 Å². The standard InChI is InChI=1S/C13H19NO4S2/c1-14(9-10-5-4-8-19-10)20(16,17)12-7-3-6-11(12)13(15)18-2/h4-5,8,11-12H,3,6-7,9H2,1-2H3. The molecule has 2 unspecified atom stereocenters. The van der Waals surface area contributed by atoms with E-state index in [0.29, 0.717) is 19.4 Å². The van der Waals surface area contributed by atoms with E-state index in [1.165, 1.54) is 22.8 Å². The normalized spacial score (nSPS) is 23.1. The van der Waals surface area contributed by atoms with Gasteiger partial charge in [0.25, 0.3) is 0 Å². The molecule has 0 N–H and O–H groups in total. The van der Waals surface area contributed by atoms with Crippen LogP contribution in [0.3, 0.4) is 0 Å². The molecule has 1 aromatic heterocycles. The Balaban J connectivity index is 2.14. The molecule has 5 nitrogen and oxygen atoms in total. The van der Waals surface area contributed by atoms with Gasteiger partial charge in [-0.05, 0) is 24.3 Å². The summed E-state index contributed by atoms with van der Waals surface area (Å²) in [6, 6.07) is 3.80. The van der Waals surface area contributed by atoms with Gasteiger partial charge in [0.05, 0.1) is 18.3 Å². The quantitative estimate of drug-likeness (QED) is 0.778. The first kappa shape index (κ1) is 15.5. The SMILES string of the molecule is COC(=O)C1CCCC1S(=O)(=O)N(C)Cc1cccs1. The Kier molecular flexibility index (Phi) is 4.82. The summed E-state index contributed by atoms with van der Waals surface area (Å²) in [7, 11) is -0.604. The summed E-state index contributed by atoms with van der Waals surface area (Å²) in [5.41, 5.74) is 0. The molecule has 0 aliphatic heterocycles. The van der Waals surface area contributed by atoms with Crippen LogP contribution in [0.15, 0.2) is 17.5 Å². The van der Waals surface area contributed by atoms with Gasteiger partial charge < -0.3 is 4.74 Å². The molecule has 0 spiro atoms. The molecular weight excluding hydrogens is 298 g/mol. The van der Waals surface area contributed by atoms with E-state index in [4.69, 9.17) is 4.74 Å². The summed E-state index contributed by atoms with van der Waals surface area (Å²) in [5, 5.41) is 1.27. The zero-order valence-electron chi connectivity index (χ0n) is 11.6. The second-order valence-electron chi connectivity index (χ2n) is 4.98. The number of hydrogen-bond donors (Lipinski definition) is 0.